The highest BCUT2D eigenvalue weighted by Gasteiger charge is 2.23. The molecule has 0 atom stereocenters. The lowest BCUT2D eigenvalue weighted by Crippen LogP contribution is -2.48. The fraction of sp³-hybridized carbons (Fsp3) is 0.263. The van der Waals surface area contributed by atoms with Crippen LogP contribution in [-0.4, -0.2) is 50.1 Å². The van der Waals surface area contributed by atoms with Gasteiger partial charge in [0.05, 0.1) is 17.7 Å². The Hall–Kier alpha value is -2.24. The second-order valence-corrected chi connectivity index (χ2v) is 6.79. The van der Waals surface area contributed by atoms with Gasteiger partial charge in [-0.05, 0) is 42.5 Å². The highest BCUT2D eigenvalue weighted by atomic mass is 35.5. The maximum Gasteiger partial charge on any atom is 0.339 e. The number of hydrogen-bond donors (Lipinski definition) is 0. The normalized spacial score (nSPS) is 14.3. The Morgan fingerprint density at radius 1 is 0.962 bits per heavy atom. The van der Waals surface area contributed by atoms with Crippen LogP contribution in [0.2, 0.25) is 10.0 Å². The lowest BCUT2D eigenvalue weighted by molar-refractivity contribution is 0.0600. The van der Waals surface area contributed by atoms with Crippen molar-refractivity contribution in [3.8, 4) is 0 Å². The van der Waals surface area contributed by atoms with E-state index < -0.39 is 5.97 Å². The minimum Gasteiger partial charge on any atom is -0.465 e. The van der Waals surface area contributed by atoms with E-state index in [-0.39, 0.29) is 16.5 Å². The number of piperazine rings is 1. The number of rotatable bonds is 3. The molecule has 1 aliphatic heterocycles. The first-order chi connectivity index (χ1) is 12.5. The molecule has 0 radical (unpaired) electrons. The third-order valence-corrected chi connectivity index (χ3v) is 4.94. The van der Waals surface area contributed by atoms with Gasteiger partial charge in [0.1, 0.15) is 0 Å². The van der Waals surface area contributed by atoms with Gasteiger partial charge in [-0.1, -0.05) is 23.2 Å². The van der Waals surface area contributed by atoms with Crippen LogP contribution in [0.5, 0.6) is 0 Å². The monoisotopic (exact) mass is 392 g/mol. The molecule has 1 saturated heterocycles. The number of methoxy groups -OCH3 is 1. The molecule has 0 spiro atoms. The van der Waals surface area contributed by atoms with Crippen LogP contribution in [0.1, 0.15) is 20.7 Å². The summed E-state index contributed by atoms with van der Waals surface area (Å²) in [7, 11) is 1.29. The highest BCUT2D eigenvalue weighted by Crippen LogP contribution is 2.22. The highest BCUT2D eigenvalue weighted by molar-refractivity contribution is 6.34. The van der Waals surface area contributed by atoms with E-state index in [4.69, 9.17) is 23.2 Å². The maximum atomic E-state index is 12.7. The Labute approximate surface area is 162 Å². The van der Waals surface area contributed by atoms with E-state index in [0.717, 1.165) is 18.8 Å². The molecule has 0 aliphatic carbocycles. The van der Waals surface area contributed by atoms with Crippen LogP contribution in [0.25, 0.3) is 0 Å². The van der Waals surface area contributed by atoms with E-state index >= 15 is 0 Å². The number of amides is 1. The lowest BCUT2D eigenvalue weighted by atomic mass is 10.1. The molecule has 2 aromatic carbocycles. The smallest absolute Gasteiger partial charge is 0.339 e. The van der Waals surface area contributed by atoms with E-state index in [1.165, 1.54) is 19.2 Å². The average molecular weight is 393 g/mol. The first kappa shape index (κ1) is 18.5. The van der Waals surface area contributed by atoms with Crippen molar-refractivity contribution in [3.63, 3.8) is 0 Å². The molecular formula is C19H18Cl2N2O3. The third-order valence-electron chi connectivity index (χ3n) is 4.38. The van der Waals surface area contributed by atoms with Crippen molar-refractivity contribution < 1.29 is 14.3 Å². The number of anilines is 1. The van der Waals surface area contributed by atoms with Crippen molar-refractivity contribution in [1.82, 2.24) is 4.90 Å². The van der Waals surface area contributed by atoms with Crippen molar-refractivity contribution >= 4 is 40.8 Å². The number of ether oxygens (including phenoxy) is 1. The van der Waals surface area contributed by atoms with Gasteiger partial charge in [0.2, 0.25) is 0 Å². The Morgan fingerprint density at radius 3 is 2.19 bits per heavy atom. The molecule has 2 aromatic rings. The number of halogens is 2. The molecule has 26 heavy (non-hydrogen) atoms. The molecule has 0 saturated carbocycles. The van der Waals surface area contributed by atoms with Gasteiger partial charge in [-0.25, -0.2) is 4.79 Å². The molecular weight excluding hydrogens is 375 g/mol. The van der Waals surface area contributed by atoms with Gasteiger partial charge in [-0.3, -0.25) is 4.79 Å². The largest absolute Gasteiger partial charge is 0.465 e. The molecule has 3 rings (SSSR count). The Morgan fingerprint density at radius 2 is 1.62 bits per heavy atom. The first-order valence-corrected chi connectivity index (χ1v) is 8.93. The van der Waals surface area contributed by atoms with Crippen LogP contribution in [0, 0.1) is 0 Å². The van der Waals surface area contributed by atoms with Crippen LogP contribution in [-0.2, 0) is 4.74 Å². The summed E-state index contributed by atoms with van der Waals surface area (Å²) in [5, 5.41) is 0.914. The zero-order chi connectivity index (χ0) is 18.7. The quantitative estimate of drug-likeness (QED) is 0.746. The van der Waals surface area contributed by atoms with Gasteiger partial charge in [0, 0.05) is 42.5 Å². The molecule has 1 heterocycles. The van der Waals surface area contributed by atoms with Crippen molar-refractivity contribution in [1.29, 1.82) is 0 Å². The Bertz CT molecular complexity index is 816. The zero-order valence-corrected chi connectivity index (χ0v) is 15.8. The molecule has 0 aromatic heterocycles. The number of nitrogens with zero attached hydrogens (tertiary/aromatic N) is 2. The van der Waals surface area contributed by atoms with Gasteiger partial charge in [0.25, 0.3) is 5.91 Å². The summed E-state index contributed by atoms with van der Waals surface area (Å²) in [6.45, 7) is 2.69. The molecule has 136 valence electrons. The SMILES string of the molecule is COC(=O)c1ccc(C(=O)N2CCN(c3ccc(Cl)cc3)CC2)cc1Cl. The Balaban J connectivity index is 1.66. The van der Waals surface area contributed by atoms with Gasteiger partial charge in [0.15, 0.2) is 0 Å². The molecule has 0 unspecified atom stereocenters. The summed E-state index contributed by atoms with van der Waals surface area (Å²) < 4.78 is 4.66. The van der Waals surface area contributed by atoms with Crippen LogP contribution >= 0.6 is 23.2 Å². The van der Waals surface area contributed by atoms with E-state index in [1.807, 2.05) is 24.3 Å². The second-order valence-electron chi connectivity index (χ2n) is 5.94. The first-order valence-electron chi connectivity index (χ1n) is 8.17. The zero-order valence-electron chi connectivity index (χ0n) is 14.2. The summed E-state index contributed by atoms with van der Waals surface area (Å²) >= 11 is 12.0. The van der Waals surface area contributed by atoms with Crippen molar-refractivity contribution in [2.24, 2.45) is 0 Å². The minimum atomic E-state index is -0.523. The van der Waals surface area contributed by atoms with Crippen molar-refractivity contribution in [2.45, 2.75) is 0 Å². The standard InChI is InChI=1S/C19H18Cl2N2O3/c1-26-19(25)16-7-2-13(12-17(16)21)18(24)23-10-8-22(9-11-23)15-5-3-14(20)4-6-15/h2-7,12H,8-11H2,1H3. The van der Waals surface area contributed by atoms with Crippen LogP contribution in [0.4, 0.5) is 5.69 Å². The maximum absolute atomic E-state index is 12.7. The third kappa shape index (κ3) is 3.94. The van der Waals surface area contributed by atoms with Gasteiger partial charge < -0.3 is 14.5 Å². The predicted molar refractivity (Wildman–Crippen MR) is 102 cm³/mol. The number of carbonyl (C=O) groups is 2. The van der Waals surface area contributed by atoms with Gasteiger partial charge in [-0.2, -0.15) is 0 Å². The van der Waals surface area contributed by atoms with Gasteiger partial charge >= 0.3 is 5.97 Å². The fourth-order valence-corrected chi connectivity index (χ4v) is 3.31. The predicted octanol–water partition coefficient (Wildman–Crippen LogP) is 3.74. The van der Waals surface area contributed by atoms with Crippen LogP contribution in [0.15, 0.2) is 42.5 Å². The van der Waals surface area contributed by atoms with Crippen LogP contribution in [0.3, 0.4) is 0 Å². The molecule has 1 fully saturated rings. The van der Waals surface area contributed by atoms with E-state index in [9.17, 15) is 9.59 Å². The van der Waals surface area contributed by atoms with E-state index in [0.29, 0.717) is 23.7 Å². The molecule has 0 N–H and O–H groups in total. The molecule has 0 bridgehead atoms. The number of hydrogen-bond acceptors (Lipinski definition) is 4. The molecule has 1 aliphatic rings. The summed E-state index contributed by atoms with van der Waals surface area (Å²) in [4.78, 5) is 28.3. The molecule has 7 heteroatoms. The summed E-state index contributed by atoms with van der Waals surface area (Å²) in [6, 6.07) is 12.3. The topological polar surface area (TPSA) is 49.9 Å². The summed E-state index contributed by atoms with van der Waals surface area (Å²) in [6.07, 6.45) is 0. The molecule has 1 amide bonds. The van der Waals surface area contributed by atoms with Crippen molar-refractivity contribution in [2.75, 3.05) is 38.2 Å². The van der Waals surface area contributed by atoms with E-state index in [1.54, 1.807) is 11.0 Å². The fourth-order valence-electron chi connectivity index (χ4n) is 2.93. The summed E-state index contributed by atoms with van der Waals surface area (Å²) in [5.74, 6) is -0.621. The summed E-state index contributed by atoms with van der Waals surface area (Å²) in [5.41, 5.74) is 1.80. The number of esters is 1. The molecule has 5 nitrogen and oxygen atoms in total. The minimum absolute atomic E-state index is 0.0981. The lowest BCUT2D eigenvalue weighted by Gasteiger charge is -2.36. The average Bonchev–Trinajstić information content (AvgIpc) is 2.67. The second kappa shape index (κ2) is 7.98. The number of carbonyl (C=O) groups excluding carboxylic acids is 2. The van der Waals surface area contributed by atoms with Crippen LogP contribution < -0.4 is 4.90 Å². The van der Waals surface area contributed by atoms with E-state index in [2.05, 4.69) is 9.64 Å². The van der Waals surface area contributed by atoms with Gasteiger partial charge in [-0.15, -0.1) is 0 Å². The van der Waals surface area contributed by atoms with Crippen molar-refractivity contribution in [3.05, 3.63) is 63.6 Å². The number of benzene rings is 2. The Kier molecular flexibility index (Phi) is 5.69.